The first kappa shape index (κ1) is 39.2. The van der Waals surface area contributed by atoms with Crippen LogP contribution in [0.1, 0.15) is 157 Å². The molecule has 0 aromatic heterocycles. The van der Waals surface area contributed by atoms with Crippen molar-refractivity contribution in [3.63, 3.8) is 0 Å². The van der Waals surface area contributed by atoms with Gasteiger partial charge in [-0.3, -0.25) is 0 Å². The second-order valence-corrected chi connectivity index (χ2v) is 11.2. The molecule has 0 amide bonds. The first-order valence-corrected chi connectivity index (χ1v) is 15.3. The van der Waals surface area contributed by atoms with Crippen LogP contribution in [-0.4, -0.2) is 0 Å². The van der Waals surface area contributed by atoms with Gasteiger partial charge in [0.1, 0.15) is 0 Å². The summed E-state index contributed by atoms with van der Waals surface area (Å²) in [5, 5.41) is 0. The molecule has 0 radical (unpaired) electrons. The Hall–Kier alpha value is -1.30. The van der Waals surface area contributed by atoms with Gasteiger partial charge in [-0.15, -0.1) is 6.58 Å². The maximum absolute atomic E-state index is 3.98. The van der Waals surface area contributed by atoms with Gasteiger partial charge in [0, 0.05) is 5.41 Å². The van der Waals surface area contributed by atoms with Gasteiger partial charge in [-0.05, 0) is 73.5 Å². The zero-order chi connectivity index (χ0) is 28.9. The van der Waals surface area contributed by atoms with Gasteiger partial charge in [0.25, 0.3) is 0 Å². The lowest BCUT2D eigenvalue weighted by Crippen LogP contribution is -2.42. The molecule has 1 aromatic carbocycles. The van der Waals surface area contributed by atoms with Crippen LogP contribution in [0.5, 0.6) is 0 Å². The van der Waals surface area contributed by atoms with Gasteiger partial charge in [0.15, 0.2) is 0 Å². The van der Waals surface area contributed by atoms with Crippen molar-refractivity contribution in [2.45, 2.75) is 154 Å². The van der Waals surface area contributed by atoms with Crippen LogP contribution >= 0.6 is 0 Å². The van der Waals surface area contributed by atoms with E-state index in [0.717, 1.165) is 36.5 Å². The molecule has 0 heterocycles. The van der Waals surface area contributed by atoms with E-state index in [2.05, 4.69) is 113 Å². The zero-order valence-corrected chi connectivity index (χ0v) is 27.6. The van der Waals surface area contributed by atoms with E-state index in [1.807, 2.05) is 27.7 Å². The van der Waals surface area contributed by atoms with Crippen LogP contribution in [0, 0.1) is 31.6 Å². The molecule has 2 atom stereocenters. The highest BCUT2D eigenvalue weighted by molar-refractivity contribution is 5.55. The lowest BCUT2D eigenvalue weighted by Gasteiger charge is -2.51. The third-order valence-electron chi connectivity index (χ3n) is 6.45. The SMILES string of the molecule is C=CCC1(C)c2c(C)cc(C)cc2C1CCC(C)C.CC.CC.CC/C=C\C(C)C.CCCC(C)C. The van der Waals surface area contributed by atoms with Gasteiger partial charge in [-0.1, -0.05) is 145 Å². The van der Waals surface area contributed by atoms with Crippen LogP contribution in [0.2, 0.25) is 0 Å². The minimum absolute atomic E-state index is 0.323. The van der Waals surface area contributed by atoms with Crippen LogP contribution in [-0.2, 0) is 5.41 Å². The van der Waals surface area contributed by atoms with E-state index in [1.54, 1.807) is 11.1 Å². The topological polar surface area (TPSA) is 0 Å². The van der Waals surface area contributed by atoms with E-state index in [9.17, 15) is 0 Å². The summed E-state index contributed by atoms with van der Waals surface area (Å²) in [6.07, 6.45) is 14.1. The van der Waals surface area contributed by atoms with Crippen LogP contribution in [0.4, 0.5) is 0 Å². The Morgan fingerprint density at radius 2 is 1.42 bits per heavy atom. The summed E-state index contributed by atoms with van der Waals surface area (Å²) in [7, 11) is 0. The number of aryl methyl sites for hydroxylation is 2. The lowest BCUT2D eigenvalue weighted by molar-refractivity contribution is 0.285. The maximum atomic E-state index is 3.98. The Kier molecular flexibility index (Phi) is 24.9. The predicted octanol–water partition coefficient (Wildman–Crippen LogP) is 12.8. The first-order chi connectivity index (χ1) is 16.9. The van der Waals surface area contributed by atoms with Crippen LogP contribution in [0.15, 0.2) is 36.9 Å². The molecule has 1 aromatic rings. The summed E-state index contributed by atoms with van der Waals surface area (Å²) in [5.41, 5.74) is 6.42. The van der Waals surface area contributed by atoms with E-state index in [-0.39, 0.29) is 0 Å². The fourth-order valence-corrected chi connectivity index (χ4v) is 5.00. The van der Waals surface area contributed by atoms with Crippen molar-refractivity contribution in [3.8, 4) is 0 Å². The molecular weight excluding hydrogens is 432 g/mol. The third-order valence-corrected chi connectivity index (χ3v) is 6.45. The highest BCUT2D eigenvalue weighted by Crippen LogP contribution is 2.57. The van der Waals surface area contributed by atoms with Crippen molar-refractivity contribution in [3.05, 3.63) is 59.2 Å². The van der Waals surface area contributed by atoms with Crippen molar-refractivity contribution in [2.24, 2.45) is 17.8 Å². The summed E-state index contributed by atoms with van der Waals surface area (Å²) >= 11 is 0. The molecule has 0 aliphatic heterocycles. The summed E-state index contributed by atoms with van der Waals surface area (Å²) in [6.45, 7) is 36.8. The van der Waals surface area contributed by atoms with E-state index in [1.165, 1.54) is 36.8 Å². The minimum Gasteiger partial charge on any atom is -0.103 e. The van der Waals surface area contributed by atoms with Crippen LogP contribution < -0.4 is 0 Å². The van der Waals surface area contributed by atoms with E-state index < -0.39 is 0 Å². The van der Waals surface area contributed by atoms with Gasteiger partial charge in [-0.25, -0.2) is 0 Å². The van der Waals surface area contributed by atoms with Crippen molar-refractivity contribution in [2.75, 3.05) is 0 Å². The molecule has 0 saturated carbocycles. The monoisotopic (exact) mass is 501 g/mol. The predicted molar refractivity (Wildman–Crippen MR) is 172 cm³/mol. The molecule has 0 spiro atoms. The van der Waals surface area contributed by atoms with Crippen molar-refractivity contribution in [1.82, 2.24) is 0 Å². The molecule has 1 aliphatic carbocycles. The fourth-order valence-electron chi connectivity index (χ4n) is 5.00. The summed E-state index contributed by atoms with van der Waals surface area (Å²) in [4.78, 5) is 0. The quantitative estimate of drug-likeness (QED) is 0.296. The Morgan fingerprint density at radius 3 is 1.75 bits per heavy atom. The van der Waals surface area contributed by atoms with Crippen molar-refractivity contribution >= 4 is 0 Å². The molecule has 0 nitrogen and oxygen atoms in total. The average Bonchev–Trinajstić information content (AvgIpc) is 2.80. The zero-order valence-electron chi connectivity index (χ0n) is 27.6. The standard InChI is InChI=1S/C19H28.C7H14.C6H14.2C2H6/c1-7-10-19(6)17(9-8-13(2)3)16-12-14(4)11-15(5)18(16)19;1-4-5-6-7(2)3;1-4-5-6(2)3;2*1-2/h7,11-13,17H,1,8-10H2,2-6H3;5-7H,4H2,1-3H3;6H,4-5H2,1-3H3;2*1-2H3/b;6-5-;;;. The fraction of sp³-hybridized carbons (Fsp3) is 0.722. The molecule has 0 fully saturated rings. The van der Waals surface area contributed by atoms with E-state index in [4.69, 9.17) is 0 Å². The third kappa shape index (κ3) is 15.1. The normalized spacial score (nSPS) is 17.4. The minimum atomic E-state index is 0.323. The van der Waals surface area contributed by atoms with Crippen LogP contribution in [0.25, 0.3) is 0 Å². The Morgan fingerprint density at radius 1 is 0.889 bits per heavy atom. The van der Waals surface area contributed by atoms with Crippen molar-refractivity contribution < 1.29 is 0 Å². The number of fused-ring (bicyclic) bond motifs is 1. The summed E-state index contributed by atoms with van der Waals surface area (Å²) < 4.78 is 0. The molecule has 0 heteroatoms. The van der Waals surface area contributed by atoms with E-state index in [0.29, 0.717) is 5.41 Å². The lowest BCUT2D eigenvalue weighted by atomic mass is 9.53. The highest BCUT2D eigenvalue weighted by Gasteiger charge is 2.47. The second-order valence-electron chi connectivity index (χ2n) is 11.2. The van der Waals surface area contributed by atoms with Crippen molar-refractivity contribution in [1.29, 1.82) is 0 Å². The highest BCUT2D eigenvalue weighted by atomic mass is 14.5. The molecule has 0 saturated heterocycles. The van der Waals surface area contributed by atoms with Gasteiger partial charge in [0.2, 0.25) is 0 Å². The number of benzene rings is 1. The summed E-state index contributed by atoms with van der Waals surface area (Å²) in [5.74, 6) is 3.14. The second kappa shape index (κ2) is 22.9. The molecule has 0 bridgehead atoms. The first-order valence-electron chi connectivity index (χ1n) is 15.3. The molecule has 1 aliphatic rings. The van der Waals surface area contributed by atoms with Gasteiger partial charge in [0.05, 0.1) is 0 Å². The Balaban J connectivity index is -0.000000531. The molecule has 0 N–H and O–H groups in total. The summed E-state index contributed by atoms with van der Waals surface area (Å²) in [6, 6.07) is 4.75. The number of hydrogen-bond donors (Lipinski definition) is 0. The largest absolute Gasteiger partial charge is 0.103 e. The van der Waals surface area contributed by atoms with Gasteiger partial charge in [-0.2, -0.15) is 0 Å². The maximum Gasteiger partial charge on any atom is 0.00332 e. The number of rotatable bonds is 9. The molecular formula is C36H68. The van der Waals surface area contributed by atoms with Crippen LogP contribution in [0.3, 0.4) is 0 Å². The van der Waals surface area contributed by atoms with Gasteiger partial charge < -0.3 is 0 Å². The van der Waals surface area contributed by atoms with Gasteiger partial charge >= 0.3 is 0 Å². The Labute approximate surface area is 230 Å². The number of hydrogen-bond acceptors (Lipinski definition) is 0. The average molecular weight is 501 g/mol. The van der Waals surface area contributed by atoms with E-state index >= 15 is 0 Å². The smallest absolute Gasteiger partial charge is 0.00332 e. The number of allylic oxidation sites excluding steroid dienone is 3. The molecule has 36 heavy (non-hydrogen) atoms. The molecule has 2 rings (SSSR count). The molecule has 2 unspecified atom stereocenters. The Bertz CT molecular complexity index is 674. The molecule has 212 valence electrons.